The zero-order valence-electron chi connectivity index (χ0n) is 13.5. The second-order valence-corrected chi connectivity index (χ2v) is 7.30. The van der Waals surface area contributed by atoms with Gasteiger partial charge in [0.15, 0.2) is 5.79 Å². The van der Waals surface area contributed by atoms with Gasteiger partial charge in [0.1, 0.15) is 0 Å². The van der Waals surface area contributed by atoms with Gasteiger partial charge in [0.2, 0.25) is 0 Å². The summed E-state index contributed by atoms with van der Waals surface area (Å²) in [4.78, 5) is 0. The van der Waals surface area contributed by atoms with Gasteiger partial charge < -0.3 is 19.5 Å². The number of nitrogens with one attached hydrogen (secondary N) is 1. The molecule has 4 heteroatoms. The Bertz CT molecular complexity index is 293. The maximum absolute atomic E-state index is 6.21. The molecule has 1 aliphatic heterocycles. The lowest BCUT2D eigenvalue weighted by molar-refractivity contribution is -0.196. The highest BCUT2D eigenvalue weighted by atomic mass is 16.7. The fraction of sp³-hybridized carbons (Fsp3) is 1.00. The van der Waals surface area contributed by atoms with Crippen LogP contribution in [-0.4, -0.2) is 45.3 Å². The largest absolute Gasteiger partial charge is 0.383 e. The Morgan fingerprint density at radius 1 is 1.25 bits per heavy atom. The maximum atomic E-state index is 6.21. The van der Waals surface area contributed by atoms with E-state index in [1.54, 1.807) is 7.11 Å². The summed E-state index contributed by atoms with van der Waals surface area (Å²) >= 11 is 0. The zero-order valence-corrected chi connectivity index (χ0v) is 13.5. The molecule has 1 heterocycles. The van der Waals surface area contributed by atoms with Gasteiger partial charge in [0.25, 0.3) is 0 Å². The molecule has 1 spiro atoms. The summed E-state index contributed by atoms with van der Waals surface area (Å²) in [5, 5.41) is 3.35. The Morgan fingerprint density at radius 2 is 1.95 bits per heavy atom. The van der Waals surface area contributed by atoms with E-state index in [-0.39, 0.29) is 11.9 Å². The molecular formula is C16H31NO3. The van der Waals surface area contributed by atoms with Crippen LogP contribution in [0.4, 0.5) is 0 Å². The van der Waals surface area contributed by atoms with Crippen LogP contribution in [-0.2, 0) is 14.2 Å². The quantitative estimate of drug-likeness (QED) is 0.788. The monoisotopic (exact) mass is 285 g/mol. The van der Waals surface area contributed by atoms with Gasteiger partial charge in [-0.2, -0.15) is 0 Å². The number of methoxy groups -OCH3 is 1. The summed E-state index contributed by atoms with van der Waals surface area (Å²) in [6.07, 6.45) is 4.71. The lowest BCUT2D eigenvalue weighted by atomic mass is 9.71. The Hall–Kier alpha value is -0.160. The van der Waals surface area contributed by atoms with Crippen molar-refractivity contribution in [3.8, 4) is 0 Å². The van der Waals surface area contributed by atoms with Gasteiger partial charge >= 0.3 is 0 Å². The molecule has 20 heavy (non-hydrogen) atoms. The smallest absolute Gasteiger partial charge is 0.168 e. The maximum Gasteiger partial charge on any atom is 0.168 e. The van der Waals surface area contributed by atoms with Crippen LogP contribution in [0.5, 0.6) is 0 Å². The Balaban J connectivity index is 1.73. The van der Waals surface area contributed by atoms with E-state index in [1.807, 2.05) is 0 Å². The van der Waals surface area contributed by atoms with Crippen LogP contribution in [0.3, 0.4) is 0 Å². The molecule has 1 unspecified atom stereocenters. The first-order valence-corrected chi connectivity index (χ1v) is 7.97. The van der Waals surface area contributed by atoms with Crippen molar-refractivity contribution in [1.29, 1.82) is 0 Å². The average molecular weight is 285 g/mol. The number of hydrogen-bond acceptors (Lipinski definition) is 4. The third-order valence-electron chi connectivity index (χ3n) is 4.74. The van der Waals surface area contributed by atoms with E-state index in [1.165, 1.54) is 12.8 Å². The number of ether oxygens (including phenoxy) is 3. The highest BCUT2D eigenvalue weighted by Gasteiger charge is 2.45. The summed E-state index contributed by atoms with van der Waals surface area (Å²) in [6, 6.07) is 0. The first-order chi connectivity index (χ1) is 9.45. The van der Waals surface area contributed by atoms with Crippen molar-refractivity contribution in [2.75, 3.05) is 33.4 Å². The van der Waals surface area contributed by atoms with Gasteiger partial charge in [0, 0.05) is 33.0 Å². The standard InChI is InChI=1S/C16H31NO3/c1-15(2,3)13-5-7-16(8-6-13)19-12-14(20-16)11-17-9-10-18-4/h13-14,17H,5-12H2,1-4H3. The molecule has 0 aromatic heterocycles. The van der Waals surface area contributed by atoms with E-state index in [9.17, 15) is 0 Å². The zero-order chi connectivity index (χ0) is 14.6. The van der Waals surface area contributed by atoms with E-state index in [0.29, 0.717) is 5.41 Å². The molecule has 1 N–H and O–H groups in total. The van der Waals surface area contributed by atoms with E-state index in [4.69, 9.17) is 14.2 Å². The van der Waals surface area contributed by atoms with Crippen molar-refractivity contribution >= 4 is 0 Å². The summed E-state index contributed by atoms with van der Waals surface area (Å²) < 4.78 is 17.2. The van der Waals surface area contributed by atoms with Crippen LogP contribution in [0, 0.1) is 11.3 Å². The summed E-state index contributed by atoms with van der Waals surface area (Å²) in [5.41, 5.74) is 0.404. The normalized spacial score (nSPS) is 34.8. The molecule has 1 saturated heterocycles. The molecule has 2 fully saturated rings. The second-order valence-electron chi connectivity index (χ2n) is 7.30. The number of hydrogen-bond donors (Lipinski definition) is 1. The van der Waals surface area contributed by atoms with Crippen molar-refractivity contribution in [2.45, 2.75) is 58.3 Å². The molecule has 2 aliphatic rings. The Kier molecular flexibility index (Phi) is 5.46. The summed E-state index contributed by atoms with van der Waals surface area (Å²) in [5.74, 6) is 0.509. The predicted octanol–water partition coefficient (Wildman–Crippen LogP) is 2.57. The molecule has 2 rings (SSSR count). The first-order valence-electron chi connectivity index (χ1n) is 7.97. The van der Waals surface area contributed by atoms with Crippen LogP contribution in [0.15, 0.2) is 0 Å². The molecule has 0 aromatic rings. The summed E-state index contributed by atoms with van der Waals surface area (Å²) in [6.45, 7) is 10.2. The third kappa shape index (κ3) is 4.17. The fourth-order valence-electron chi connectivity index (χ4n) is 3.34. The van der Waals surface area contributed by atoms with Gasteiger partial charge in [-0.1, -0.05) is 20.8 Å². The van der Waals surface area contributed by atoms with Crippen LogP contribution in [0.25, 0.3) is 0 Å². The molecule has 118 valence electrons. The molecule has 0 aromatic carbocycles. The molecule has 0 amide bonds. The second kappa shape index (κ2) is 6.73. The molecule has 1 atom stereocenters. The van der Waals surface area contributed by atoms with Crippen molar-refractivity contribution in [2.24, 2.45) is 11.3 Å². The van der Waals surface area contributed by atoms with Gasteiger partial charge in [-0.3, -0.25) is 0 Å². The van der Waals surface area contributed by atoms with Crippen molar-refractivity contribution in [1.82, 2.24) is 5.32 Å². The van der Waals surface area contributed by atoms with Crippen LogP contribution in [0.2, 0.25) is 0 Å². The molecular weight excluding hydrogens is 254 g/mol. The van der Waals surface area contributed by atoms with Gasteiger partial charge in [-0.15, -0.1) is 0 Å². The minimum atomic E-state index is -0.282. The lowest BCUT2D eigenvalue weighted by Crippen LogP contribution is -2.40. The van der Waals surface area contributed by atoms with Gasteiger partial charge in [-0.25, -0.2) is 0 Å². The van der Waals surface area contributed by atoms with Crippen LogP contribution < -0.4 is 5.32 Å². The Labute approximate surface area is 123 Å². The minimum absolute atomic E-state index is 0.193. The highest BCUT2D eigenvalue weighted by molar-refractivity contribution is 4.89. The molecule has 1 aliphatic carbocycles. The van der Waals surface area contributed by atoms with Crippen molar-refractivity contribution in [3.05, 3.63) is 0 Å². The topological polar surface area (TPSA) is 39.7 Å². The predicted molar refractivity (Wildman–Crippen MR) is 79.7 cm³/mol. The van der Waals surface area contributed by atoms with E-state index < -0.39 is 0 Å². The van der Waals surface area contributed by atoms with Gasteiger partial charge in [0.05, 0.1) is 19.3 Å². The lowest BCUT2D eigenvalue weighted by Gasteiger charge is -2.41. The van der Waals surface area contributed by atoms with E-state index >= 15 is 0 Å². The SMILES string of the molecule is COCCNCC1COC2(CCC(C(C)(C)C)CC2)O1. The van der Waals surface area contributed by atoms with Crippen molar-refractivity contribution < 1.29 is 14.2 Å². The van der Waals surface area contributed by atoms with Crippen molar-refractivity contribution in [3.63, 3.8) is 0 Å². The van der Waals surface area contributed by atoms with E-state index in [0.717, 1.165) is 45.1 Å². The minimum Gasteiger partial charge on any atom is -0.383 e. The molecule has 0 radical (unpaired) electrons. The first kappa shape index (κ1) is 16.2. The number of rotatable bonds is 5. The Morgan fingerprint density at radius 3 is 2.55 bits per heavy atom. The molecule has 1 saturated carbocycles. The average Bonchev–Trinajstić information content (AvgIpc) is 2.77. The third-order valence-corrected chi connectivity index (χ3v) is 4.74. The van der Waals surface area contributed by atoms with Gasteiger partial charge in [-0.05, 0) is 24.2 Å². The van der Waals surface area contributed by atoms with Crippen LogP contribution >= 0.6 is 0 Å². The molecule has 0 bridgehead atoms. The molecule has 4 nitrogen and oxygen atoms in total. The van der Waals surface area contributed by atoms with Crippen LogP contribution in [0.1, 0.15) is 46.5 Å². The fourth-order valence-corrected chi connectivity index (χ4v) is 3.34. The summed E-state index contributed by atoms with van der Waals surface area (Å²) in [7, 11) is 1.72. The highest BCUT2D eigenvalue weighted by Crippen LogP contribution is 2.45. The van der Waals surface area contributed by atoms with E-state index in [2.05, 4.69) is 26.1 Å².